The predicted octanol–water partition coefficient (Wildman–Crippen LogP) is 5.66. The molecule has 3 saturated carbocycles. The van der Waals surface area contributed by atoms with Crippen molar-refractivity contribution in [3.05, 3.63) is 11.8 Å². The van der Waals surface area contributed by atoms with Crippen LogP contribution in [-0.2, 0) is 9.53 Å². The van der Waals surface area contributed by atoms with E-state index in [9.17, 15) is 4.79 Å². The Morgan fingerprint density at radius 1 is 0.870 bits per heavy atom. The lowest BCUT2D eigenvalue weighted by atomic mass is 9.69. The number of hydrogen-bond donors (Lipinski definition) is 0. The Labute approximate surface area is 142 Å². The highest BCUT2D eigenvalue weighted by molar-refractivity contribution is 5.72. The van der Waals surface area contributed by atoms with Gasteiger partial charge in [-0.3, -0.25) is 4.79 Å². The number of esters is 1. The van der Waals surface area contributed by atoms with E-state index in [1.807, 2.05) is 5.92 Å². The average Bonchev–Trinajstić information content (AvgIpc) is 2.58. The summed E-state index contributed by atoms with van der Waals surface area (Å²) in [5, 5.41) is 0. The SMILES string of the molecule is C[C]1CCC(OC(=O)C2CCC([C]3CCC(C)CC3)CC2)CC1. The van der Waals surface area contributed by atoms with Crippen LogP contribution in [0.5, 0.6) is 0 Å². The molecule has 0 atom stereocenters. The molecule has 0 bridgehead atoms. The van der Waals surface area contributed by atoms with Gasteiger partial charge in [0.1, 0.15) is 6.10 Å². The summed E-state index contributed by atoms with van der Waals surface area (Å²) in [5.74, 6) is 5.39. The van der Waals surface area contributed by atoms with E-state index in [4.69, 9.17) is 4.74 Å². The topological polar surface area (TPSA) is 26.3 Å². The predicted molar refractivity (Wildman–Crippen MR) is 93.6 cm³/mol. The molecule has 0 N–H and O–H groups in total. The summed E-state index contributed by atoms with van der Waals surface area (Å²) in [6.07, 6.45) is 14.6. The van der Waals surface area contributed by atoms with Crippen LogP contribution in [-0.4, -0.2) is 12.1 Å². The van der Waals surface area contributed by atoms with Crippen LogP contribution in [0.4, 0.5) is 0 Å². The van der Waals surface area contributed by atoms with Crippen molar-refractivity contribution >= 4 is 5.97 Å². The lowest BCUT2D eigenvalue weighted by Crippen LogP contribution is -2.31. The molecule has 0 aromatic heterocycles. The minimum absolute atomic E-state index is 0.107. The molecule has 0 unspecified atom stereocenters. The van der Waals surface area contributed by atoms with Crippen LogP contribution in [0.25, 0.3) is 0 Å². The van der Waals surface area contributed by atoms with E-state index in [0.717, 1.165) is 50.4 Å². The van der Waals surface area contributed by atoms with E-state index in [0.29, 0.717) is 0 Å². The number of ether oxygens (including phenoxy) is 1. The van der Waals surface area contributed by atoms with Crippen LogP contribution in [0, 0.1) is 29.6 Å². The van der Waals surface area contributed by atoms with Crippen LogP contribution in [0.2, 0.25) is 0 Å². The first-order valence-electron chi connectivity index (χ1n) is 9.98. The molecule has 3 rings (SSSR count). The highest BCUT2D eigenvalue weighted by Gasteiger charge is 2.34. The van der Waals surface area contributed by atoms with Crippen LogP contribution in [0.3, 0.4) is 0 Å². The third kappa shape index (κ3) is 4.73. The second kappa shape index (κ2) is 8.03. The summed E-state index contributed by atoms with van der Waals surface area (Å²) in [4.78, 5) is 12.4. The molecular formula is C21H34O2. The third-order valence-electron chi connectivity index (χ3n) is 6.62. The Kier molecular flexibility index (Phi) is 6.04. The van der Waals surface area contributed by atoms with Gasteiger partial charge < -0.3 is 4.74 Å². The summed E-state index contributed by atoms with van der Waals surface area (Å²) in [6, 6.07) is 0. The molecule has 2 heteroatoms. The fourth-order valence-corrected chi connectivity index (χ4v) is 4.74. The van der Waals surface area contributed by atoms with Crippen molar-refractivity contribution in [1.82, 2.24) is 0 Å². The van der Waals surface area contributed by atoms with Crippen molar-refractivity contribution in [1.29, 1.82) is 0 Å². The molecule has 3 aliphatic rings. The zero-order chi connectivity index (χ0) is 16.2. The molecule has 0 aromatic carbocycles. The lowest BCUT2D eigenvalue weighted by molar-refractivity contribution is -0.156. The first-order valence-corrected chi connectivity index (χ1v) is 9.98. The van der Waals surface area contributed by atoms with Gasteiger partial charge in [-0.25, -0.2) is 0 Å². The zero-order valence-corrected chi connectivity index (χ0v) is 15.1. The van der Waals surface area contributed by atoms with Crippen LogP contribution < -0.4 is 0 Å². The van der Waals surface area contributed by atoms with Gasteiger partial charge in [-0.2, -0.15) is 0 Å². The highest BCUT2D eigenvalue weighted by Crippen LogP contribution is 2.43. The number of rotatable bonds is 3. The van der Waals surface area contributed by atoms with Gasteiger partial charge >= 0.3 is 5.97 Å². The summed E-state index contributed by atoms with van der Waals surface area (Å²) in [6.45, 7) is 4.61. The van der Waals surface area contributed by atoms with E-state index in [-0.39, 0.29) is 18.0 Å². The van der Waals surface area contributed by atoms with Gasteiger partial charge in [0.25, 0.3) is 0 Å². The maximum Gasteiger partial charge on any atom is 0.309 e. The van der Waals surface area contributed by atoms with Crippen molar-refractivity contribution in [2.45, 2.75) is 97.0 Å². The monoisotopic (exact) mass is 318 g/mol. The Bertz CT molecular complexity index is 367. The molecule has 0 spiro atoms. The minimum atomic E-state index is 0.107. The normalized spacial score (nSPS) is 32.8. The molecule has 3 fully saturated rings. The molecule has 0 aliphatic heterocycles. The van der Waals surface area contributed by atoms with Gasteiger partial charge in [0.05, 0.1) is 5.92 Å². The Morgan fingerprint density at radius 3 is 2.09 bits per heavy atom. The molecule has 0 saturated heterocycles. The van der Waals surface area contributed by atoms with Crippen LogP contribution in [0.15, 0.2) is 0 Å². The van der Waals surface area contributed by atoms with Gasteiger partial charge in [-0.05, 0) is 87.9 Å². The zero-order valence-electron chi connectivity index (χ0n) is 15.1. The first kappa shape index (κ1) is 17.3. The van der Waals surface area contributed by atoms with Gasteiger partial charge in [0.15, 0.2) is 0 Å². The Morgan fingerprint density at radius 2 is 1.48 bits per heavy atom. The first-order chi connectivity index (χ1) is 11.1. The van der Waals surface area contributed by atoms with Crippen molar-refractivity contribution in [3.63, 3.8) is 0 Å². The Balaban J connectivity index is 1.39. The summed E-state index contributed by atoms with van der Waals surface area (Å²) >= 11 is 0. The molecule has 0 aromatic rings. The quantitative estimate of drug-likeness (QED) is 0.628. The summed E-state index contributed by atoms with van der Waals surface area (Å²) in [7, 11) is 0. The second-order valence-corrected chi connectivity index (χ2v) is 8.48. The fourth-order valence-electron chi connectivity index (χ4n) is 4.74. The second-order valence-electron chi connectivity index (χ2n) is 8.48. The molecule has 23 heavy (non-hydrogen) atoms. The van der Waals surface area contributed by atoms with E-state index in [2.05, 4.69) is 13.8 Å². The minimum Gasteiger partial charge on any atom is -0.462 e. The van der Waals surface area contributed by atoms with Gasteiger partial charge in [0.2, 0.25) is 0 Å². The maximum atomic E-state index is 12.4. The van der Waals surface area contributed by atoms with Crippen molar-refractivity contribution < 1.29 is 9.53 Å². The molecule has 0 amide bonds. The molecule has 2 nitrogen and oxygen atoms in total. The highest BCUT2D eigenvalue weighted by atomic mass is 16.5. The number of hydrogen-bond acceptors (Lipinski definition) is 2. The van der Waals surface area contributed by atoms with E-state index in [1.165, 1.54) is 38.5 Å². The van der Waals surface area contributed by atoms with Crippen molar-refractivity contribution in [3.8, 4) is 0 Å². The molecular weight excluding hydrogens is 284 g/mol. The Hall–Kier alpha value is -0.530. The van der Waals surface area contributed by atoms with E-state index in [1.54, 1.807) is 5.92 Å². The standard InChI is InChI=1S/C21H34O2/c1-15-3-7-17(8-4-15)18-9-11-19(12-10-18)21(22)23-20-13-5-16(2)6-14-20/h15,18-20H,3-14H2,1-2H3. The number of carbonyl (C=O) groups excluding carboxylic acids is 1. The van der Waals surface area contributed by atoms with Crippen LogP contribution >= 0.6 is 0 Å². The summed E-state index contributed by atoms with van der Waals surface area (Å²) < 4.78 is 5.81. The molecule has 2 radical (unpaired) electrons. The van der Waals surface area contributed by atoms with Crippen molar-refractivity contribution in [2.24, 2.45) is 17.8 Å². The van der Waals surface area contributed by atoms with Gasteiger partial charge in [-0.1, -0.05) is 26.7 Å². The average molecular weight is 319 g/mol. The van der Waals surface area contributed by atoms with E-state index < -0.39 is 0 Å². The summed E-state index contributed by atoms with van der Waals surface area (Å²) in [5.41, 5.74) is 0. The lowest BCUT2D eigenvalue weighted by Gasteiger charge is -2.36. The third-order valence-corrected chi connectivity index (χ3v) is 6.62. The van der Waals surface area contributed by atoms with Crippen LogP contribution in [0.1, 0.15) is 90.9 Å². The molecule has 130 valence electrons. The smallest absolute Gasteiger partial charge is 0.309 e. The maximum absolute atomic E-state index is 12.4. The fraction of sp³-hybridized carbons (Fsp3) is 0.857. The molecule has 0 heterocycles. The van der Waals surface area contributed by atoms with Gasteiger partial charge in [-0.15, -0.1) is 0 Å². The number of carbonyl (C=O) groups is 1. The van der Waals surface area contributed by atoms with E-state index >= 15 is 0 Å². The van der Waals surface area contributed by atoms with Crippen molar-refractivity contribution in [2.75, 3.05) is 0 Å². The largest absolute Gasteiger partial charge is 0.462 e. The molecule has 3 aliphatic carbocycles. The van der Waals surface area contributed by atoms with Gasteiger partial charge in [0, 0.05) is 0 Å².